The van der Waals surface area contributed by atoms with Gasteiger partial charge in [-0.1, -0.05) is 29.3 Å². The molecular formula is C14H14Cl2O2. The number of carboxylic acid groups (broad SMARTS) is 1. The van der Waals surface area contributed by atoms with E-state index in [9.17, 15) is 9.90 Å². The molecule has 18 heavy (non-hydrogen) atoms. The van der Waals surface area contributed by atoms with Crippen LogP contribution in [0, 0.1) is 17.8 Å². The Morgan fingerprint density at radius 2 is 1.89 bits per heavy atom. The molecule has 0 unspecified atom stereocenters. The summed E-state index contributed by atoms with van der Waals surface area (Å²) in [7, 11) is 0. The molecule has 2 nitrogen and oxygen atoms in total. The summed E-state index contributed by atoms with van der Waals surface area (Å²) in [6, 6.07) is 5.53. The van der Waals surface area contributed by atoms with E-state index in [4.69, 9.17) is 23.2 Å². The second kappa shape index (κ2) is 4.43. The molecule has 0 aromatic heterocycles. The minimum absolute atomic E-state index is 0.107. The van der Waals surface area contributed by atoms with E-state index in [1.54, 1.807) is 6.07 Å². The lowest BCUT2D eigenvalue weighted by Gasteiger charge is -2.28. The van der Waals surface area contributed by atoms with E-state index in [0.29, 0.717) is 21.9 Å². The van der Waals surface area contributed by atoms with Gasteiger partial charge in [-0.15, -0.1) is 0 Å². The van der Waals surface area contributed by atoms with E-state index in [-0.39, 0.29) is 11.8 Å². The maximum Gasteiger partial charge on any atom is 0.307 e. The van der Waals surface area contributed by atoms with Crippen LogP contribution in [0.5, 0.6) is 0 Å². The highest BCUT2D eigenvalue weighted by atomic mass is 35.5. The maximum atomic E-state index is 11.5. The third-order valence-corrected chi connectivity index (χ3v) is 5.27. The molecule has 2 fully saturated rings. The van der Waals surface area contributed by atoms with Gasteiger partial charge in [-0.25, -0.2) is 0 Å². The van der Waals surface area contributed by atoms with Crippen LogP contribution in [0.25, 0.3) is 0 Å². The highest BCUT2D eigenvalue weighted by molar-refractivity contribution is 6.42. The minimum atomic E-state index is -0.668. The molecule has 2 bridgehead atoms. The Morgan fingerprint density at radius 1 is 1.17 bits per heavy atom. The number of carbonyl (C=O) groups is 1. The van der Waals surface area contributed by atoms with Gasteiger partial charge in [0.25, 0.3) is 0 Å². The molecule has 3 rings (SSSR count). The Balaban J connectivity index is 1.99. The van der Waals surface area contributed by atoms with Crippen molar-refractivity contribution in [2.45, 2.75) is 25.2 Å². The normalized spacial score (nSPS) is 33.9. The van der Waals surface area contributed by atoms with Crippen LogP contribution in [0.3, 0.4) is 0 Å². The molecule has 96 valence electrons. The summed E-state index contributed by atoms with van der Waals surface area (Å²) in [6.45, 7) is 0. The molecule has 2 aliphatic carbocycles. The topological polar surface area (TPSA) is 37.3 Å². The number of benzene rings is 1. The second-order valence-electron chi connectivity index (χ2n) is 5.40. The van der Waals surface area contributed by atoms with Crippen molar-refractivity contribution in [2.24, 2.45) is 17.8 Å². The zero-order valence-corrected chi connectivity index (χ0v) is 11.3. The predicted molar refractivity (Wildman–Crippen MR) is 71.2 cm³/mol. The Morgan fingerprint density at radius 3 is 2.56 bits per heavy atom. The summed E-state index contributed by atoms with van der Waals surface area (Å²) in [5.41, 5.74) is 1.03. The van der Waals surface area contributed by atoms with Crippen LogP contribution in [0.1, 0.15) is 30.7 Å². The Bertz CT molecular complexity index is 501. The number of fused-ring (bicyclic) bond motifs is 2. The molecule has 1 aromatic rings. The average molecular weight is 285 g/mol. The monoisotopic (exact) mass is 284 g/mol. The largest absolute Gasteiger partial charge is 0.481 e. The zero-order chi connectivity index (χ0) is 12.9. The van der Waals surface area contributed by atoms with Crippen LogP contribution in [0.4, 0.5) is 0 Å². The van der Waals surface area contributed by atoms with Gasteiger partial charge < -0.3 is 5.11 Å². The Hall–Kier alpha value is -0.730. The van der Waals surface area contributed by atoms with Gasteiger partial charge in [-0.05, 0) is 48.8 Å². The summed E-state index contributed by atoms with van der Waals surface area (Å²) in [5.74, 6) is 0.0237. The number of halogens is 2. The van der Waals surface area contributed by atoms with Crippen molar-refractivity contribution in [2.75, 3.05) is 0 Å². The van der Waals surface area contributed by atoms with Gasteiger partial charge in [-0.2, -0.15) is 0 Å². The summed E-state index contributed by atoms with van der Waals surface area (Å²) in [5, 5.41) is 10.5. The first-order chi connectivity index (χ1) is 8.58. The van der Waals surface area contributed by atoms with Gasteiger partial charge in [0.15, 0.2) is 0 Å². The summed E-state index contributed by atoms with van der Waals surface area (Å²) < 4.78 is 0. The lowest BCUT2D eigenvalue weighted by atomic mass is 9.75. The highest BCUT2D eigenvalue weighted by Crippen LogP contribution is 2.57. The van der Waals surface area contributed by atoms with Gasteiger partial charge >= 0.3 is 5.97 Å². The third kappa shape index (κ3) is 1.83. The first kappa shape index (κ1) is 12.3. The van der Waals surface area contributed by atoms with Crippen LogP contribution in [0.15, 0.2) is 18.2 Å². The lowest BCUT2D eigenvalue weighted by molar-refractivity contribution is -0.144. The average Bonchev–Trinajstić information content (AvgIpc) is 2.92. The summed E-state index contributed by atoms with van der Waals surface area (Å²) in [4.78, 5) is 11.5. The molecular weight excluding hydrogens is 271 g/mol. The molecule has 0 aliphatic heterocycles. The van der Waals surface area contributed by atoms with Crippen LogP contribution >= 0.6 is 23.2 Å². The zero-order valence-electron chi connectivity index (χ0n) is 9.77. The SMILES string of the molecule is O=C(O)[C@@H]1[C@@H]2CC[C@@H](C2)[C@H]1c1ccc(Cl)c(Cl)c1. The smallest absolute Gasteiger partial charge is 0.307 e. The van der Waals surface area contributed by atoms with Crippen molar-refractivity contribution in [1.29, 1.82) is 0 Å². The number of hydrogen-bond donors (Lipinski definition) is 1. The first-order valence-corrected chi connectivity index (χ1v) is 7.01. The van der Waals surface area contributed by atoms with Crippen molar-refractivity contribution >= 4 is 29.2 Å². The van der Waals surface area contributed by atoms with Crippen LogP contribution < -0.4 is 0 Å². The van der Waals surface area contributed by atoms with E-state index in [1.807, 2.05) is 12.1 Å². The van der Waals surface area contributed by atoms with Crippen molar-refractivity contribution in [1.82, 2.24) is 0 Å². The molecule has 0 radical (unpaired) electrons. The molecule has 2 aliphatic rings. The molecule has 1 aromatic carbocycles. The van der Waals surface area contributed by atoms with Crippen molar-refractivity contribution < 1.29 is 9.90 Å². The fourth-order valence-corrected chi connectivity index (χ4v) is 4.15. The van der Waals surface area contributed by atoms with Gasteiger partial charge in [0.05, 0.1) is 16.0 Å². The Kier molecular flexibility index (Phi) is 3.03. The second-order valence-corrected chi connectivity index (χ2v) is 6.21. The summed E-state index contributed by atoms with van der Waals surface area (Å²) in [6.07, 6.45) is 3.24. The van der Waals surface area contributed by atoms with Crippen molar-refractivity contribution in [3.8, 4) is 0 Å². The van der Waals surface area contributed by atoms with E-state index in [2.05, 4.69) is 0 Å². The first-order valence-electron chi connectivity index (χ1n) is 6.25. The molecule has 1 N–H and O–H groups in total. The number of carboxylic acids is 1. The van der Waals surface area contributed by atoms with Crippen LogP contribution in [-0.2, 0) is 4.79 Å². The number of rotatable bonds is 2. The molecule has 2 saturated carbocycles. The fraction of sp³-hybridized carbons (Fsp3) is 0.500. The molecule has 0 spiro atoms. The van der Waals surface area contributed by atoms with Gasteiger partial charge in [0.2, 0.25) is 0 Å². The molecule has 4 heteroatoms. The van der Waals surface area contributed by atoms with Crippen LogP contribution in [0.2, 0.25) is 10.0 Å². The van der Waals surface area contributed by atoms with Gasteiger partial charge in [-0.3, -0.25) is 4.79 Å². The van der Waals surface area contributed by atoms with Gasteiger partial charge in [0, 0.05) is 5.92 Å². The molecule has 0 heterocycles. The van der Waals surface area contributed by atoms with E-state index in [0.717, 1.165) is 24.8 Å². The molecule has 0 amide bonds. The summed E-state index contributed by atoms with van der Waals surface area (Å²) >= 11 is 12.0. The number of hydrogen-bond acceptors (Lipinski definition) is 1. The highest BCUT2D eigenvalue weighted by Gasteiger charge is 2.51. The number of aliphatic carboxylic acids is 1. The van der Waals surface area contributed by atoms with Crippen molar-refractivity contribution in [3.63, 3.8) is 0 Å². The molecule has 0 saturated heterocycles. The predicted octanol–water partition coefficient (Wildman–Crippen LogP) is 4.21. The Labute approximate surface area is 116 Å². The quantitative estimate of drug-likeness (QED) is 0.883. The lowest BCUT2D eigenvalue weighted by Crippen LogP contribution is -2.27. The fourth-order valence-electron chi connectivity index (χ4n) is 3.85. The van der Waals surface area contributed by atoms with Crippen LogP contribution in [-0.4, -0.2) is 11.1 Å². The molecule has 4 atom stereocenters. The minimum Gasteiger partial charge on any atom is -0.481 e. The maximum absolute atomic E-state index is 11.5. The van der Waals surface area contributed by atoms with Gasteiger partial charge in [0.1, 0.15) is 0 Å². The standard InChI is InChI=1S/C14H14Cl2O2/c15-10-4-3-9(6-11(10)16)12-7-1-2-8(5-7)13(12)14(17)18/h3-4,6-8,12-13H,1-2,5H2,(H,17,18)/t7-,8+,12-,13+/m0/s1. The van der Waals surface area contributed by atoms with E-state index in [1.165, 1.54) is 0 Å². The third-order valence-electron chi connectivity index (χ3n) is 4.53. The van der Waals surface area contributed by atoms with Crippen molar-refractivity contribution in [3.05, 3.63) is 33.8 Å². The van der Waals surface area contributed by atoms with E-state index < -0.39 is 5.97 Å². The van der Waals surface area contributed by atoms with E-state index >= 15 is 0 Å².